The van der Waals surface area contributed by atoms with Gasteiger partial charge in [0.2, 0.25) is 0 Å². The van der Waals surface area contributed by atoms with Crippen LogP contribution in [-0.2, 0) is 26.4 Å². The number of hydrogen-bond donors (Lipinski definition) is 3. The third kappa shape index (κ3) is 13.0. The molecule has 0 aliphatic carbocycles. The Hall–Kier alpha value is -6.58. The van der Waals surface area contributed by atoms with Crippen molar-refractivity contribution in [1.29, 1.82) is 0 Å². The van der Waals surface area contributed by atoms with E-state index in [0.29, 0.717) is 73.6 Å². The molecule has 0 heterocycles. The predicted octanol–water partition coefficient (Wildman–Crippen LogP) is 8.92. The summed E-state index contributed by atoms with van der Waals surface area (Å²) in [6.07, 6.45) is 2.43. The highest BCUT2D eigenvalue weighted by Crippen LogP contribution is 2.34. The van der Waals surface area contributed by atoms with Gasteiger partial charge in [-0.3, -0.25) is 9.59 Å². The maximum absolute atomic E-state index is 13.4. The molecule has 0 saturated heterocycles. The number of carbonyl (C=O) groups excluding carboxylic acids is 2. The molecule has 6 aromatic carbocycles. The van der Waals surface area contributed by atoms with Gasteiger partial charge in [-0.05, 0) is 78.9 Å². The highest BCUT2D eigenvalue weighted by molar-refractivity contribution is 5.98. The molecule has 9 heteroatoms. The van der Waals surface area contributed by atoms with Crippen LogP contribution in [0.5, 0.6) is 23.0 Å². The van der Waals surface area contributed by atoms with Crippen molar-refractivity contribution >= 4 is 11.8 Å². The molecule has 0 bridgehead atoms. The number of rotatable bonds is 23. The van der Waals surface area contributed by atoms with Gasteiger partial charge >= 0.3 is 0 Å². The Morgan fingerprint density at radius 1 is 0.362 bits per heavy atom. The Labute approximate surface area is 341 Å². The summed E-state index contributed by atoms with van der Waals surface area (Å²) in [5.74, 6) is 1.46. The van der Waals surface area contributed by atoms with Crippen molar-refractivity contribution in [2.24, 2.45) is 0 Å². The number of para-hydroxylation sites is 2. The van der Waals surface area contributed by atoms with Crippen LogP contribution in [0.25, 0.3) is 0 Å². The van der Waals surface area contributed by atoms with Crippen LogP contribution in [-0.4, -0.2) is 38.0 Å². The maximum Gasteiger partial charge on any atom is 0.255 e. The largest absolute Gasteiger partial charge is 0.485 e. The van der Waals surface area contributed by atoms with Gasteiger partial charge in [-0.1, -0.05) is 133 Å². The summed E-state index contributed by atoms with van der Waals surface area (Å²) in [4.78, 5) is 26.8. The first kappa shape index (κ1) is 41.1. The zero-order valence-corrected chi connectivity index (χ0v) is 32.7. The van der Waals surface area contributed by atoms with Crippen molar-refractivity contribution in [3.63, 3.8) is 0 Å². The van der Waals surface area contributed by atoms with Crippen molar-refractivity contribution in [2.45, 2.75) is 45.7 Å². The minimum atomic E-state index is -0.217. The fourth-order valence-electron chi connectivity index (χ4n) is 6.15. The minimum Gasteiger partial charge on any atom is -0.485 e. The van der Waals surface area contributed by atoms with Crippen molar-refractivity contribution in [2.75, 3.05) is 26.2 Å². The Kier molecular flexibility index (Phi) is 16.2. The lowest BCUT2D eigenvalue weighted by atomic mass is 10.1. The Balaban J connectivity index is 0.927. The van der Waals surface area contributed by atoms with E-state index in [0.717, 1.165) is 54.6 Å². The van der Waals surface area contributed by atoms with Gasteiger partial charge in [-0.25, -0.2) is 0 Å². The molecule has 0 unspecified atom stereocenters. The average molecular weight is 778 g/mol. The summed E-state index contributed by atoms with van der Waals surface area (Å²) in [5, 5.41) is 9.53. The van der Waals surface area contributed by atoms with Gasteiger partial charge in [0, 0.05) is 13.1 Å². The monoisotopic (exact) mass is 777 g/mol. The second kappa shape index (κ2) is 22.8. The van der Waals surface area contributed by atoms with Gasteiger partial charge in [0.15, 0.2) is 23.0 Å². The first-order chi connectivity index (χ1) is 28.6. The van der Waals surface area contributed by atoms with Gasteiger partial charge < -0.3 is 34.9 Å². The molecule has 2 amide bonds. The zero-order chi connectivity index (χ0) is 40.0. The van der Waals surface area contributed by atoms with Crippen LogP contribution in [0, 0.1) is 0 Å². The van der Waals surface area contributed by atoms with Crippen molar-refractivity contribution in [3.05, 3.63) is 191 Å². The molecule has 3 N–H and O–H groups in total. The maximum atomic E-state index is 13.4. The van der Waals surface area contributed by atoms with Gasteiger partial charge in [-0.15, -0.1) is 0 Å². The van der Waals surface area contributed by atoms with E-state index in [9.17, 15) is 9.59 Å². The van der Waals surface area contributed by atoms with Crippen LogP contribution in [0.2, 0.25) is 0 Å². The van der Waals surface area contributed by atoms with Crippen LogP contribution >= 0.6 is 0 Å². The fraction of sp³-hybridized carbons (Fsp3) is 0.224. The summed E-state index contributed by atoms with van der Waals surface area (Å²) < 4.78 is 24.7. The van der Waals surface area contributed by atoms with Gasteiger partial charge in [0.25, 0.3) is 11.8 Å². The summed E-state index contributed by atoms with van der Waals surface area (Å²) >= 11 is 0. The van der Waals surface area contributed by atoms with E-state index >= 15 is 0 Å². The number of benzene rings is 6. The quantitative estimate of drug-likeness (QED) is 0.0558. The molecular weight excluding hydrogens is 727 g/mol. The molecule has 0 spiro atoms. The first-order valence-corrected chi connectivity index (χ1v) is 19.8. The summed E-state index contributed by atoms with van der Waals surface area (Å²) in [7, 11) is 0. The first-order valence-electron chi connectivity index (χ1n) is 19.8. The molecule has 0 aliphatic heterocycles. The molecule has 298 valence electrons. The lowest BCUT2D eigenvalue weighted by Crippen LogP contribution is -2.28. The fourth-order valence-corrected chi connectivity index (χ4v) is 6.15. The van der Waals surface area contributed by atoms with E-state index in [2.05, 4.69) is 16.0 Å². The Morgan fingerprint density at radius 2 is 0.707 bits per heavy atom. The number of ether oxygens (including phenoxy) is 4. The van der Waals surface area contributed by atoms with Crippen LogP contribution in [0.15, 0.2) is 158 Å². The average Bonchev–Trinajstić information content (AvgIpc) is 3.28. The van der Waals surface area contributed by atoms with E-state index in [1.54, 1.807) is 12.1 Å². The van der Waals surface area contributed by atoms with Crippen molar-refractivity contribution in [3.8, 4) is 23.0 Å². The van der Waals surface area contributed by atoms with E-state index in [4.69, 9.17) is 18.9 Å². The van der Waals surface area contributed by atoms with Gasteiger partial charge in [-0.2, -0.15) is 0 Å². The van der Waals surface area contributed by atoms with E-state index < -0.39 is 0 Å². The number of amides is 2. The molecule has 6 rings (SSSR count). The lowest BCUT2D eigenvalue weighted by molar-refractivity contribution is 0.0938. The summed E-state index contributed by atoms with van der Waals surface area (Å²) in [6.45, 7) is 3.88. The van der Waals surface area contributed by atoms with Crippen LogP contribution < -0.4 is 34.9 Å². The molecule has 0 atom stereocenters. The van der Waals surface area contributed by atoms with Crippen molar-refractivity contribution < 1.29 is 28.5 Å². The zero-order valence-electron chi connectivity index (χ0n) is 32.7. The van der Waals surface area contributed by atoms with Crippen LogP contribution in [0.4, 0.5) is 0 Å². The van der Waals surface area contributed by atoms with Crippen LogP contribution in [0.1, 0.15) is 62.2 Å². The number of nitrogens with one attached hydrogen (secondary N) is 3. The van der Waals surface area contributed by atoms with Crippen molar-refractivity contribution in [1.82, 2.24) is 16.0 Å². The molecule has 9 nitrogen and oxygen atoms in total. The molecule has 6 aromatic rings. The molecular formula is C49H51N3O6. The highest BCUT2D eigenvalue weighted by Gasteiger charge is 2.19. The molecule has 0 aromatic heterocycles. The number of unbranched alkanes of at least 4 members (excludes halogenated alkanes) is 1. The second-order valence-electron chi connectivity index (χ2n) is 13.7. The highest BCUT2D eigenvalue weighted by atomic mass is 16.5. The van der Waals surface area contributed by atoms with E-state index in [-0.39, 0.29) is 11.8 Å². The molecule has 0 fully saturated rings. The van der Waals surface area contributed by atoms with E-state index in [1.165, 1.54) is 0 Å². The van der Waals surface area contributed by atoms with E-state index in [1.807, 2.05) is 146 Å². The number of carbonyl (C=O) groups is 2. The molecule has 58 heavy (non-hydrogen) atoms. The third-order valence-electron chi connectivity index (χ3n) is 9.26. The van der Waals surface area contributed by atoms with Crippen LogP contribution in [0.3, 0.4) is 0 Å². The van der Waals surface area contributed by atoms with Gasteiger partial charge in [0.05, 0.1) is 11.1 Å². The smallest absolute Gasteiger partial charge is 0.255 e. The summed E-state index contributed by atoms with van der Waals surface area (Å²) in [5.41, 5.74) is 4.90. The van der Waals surface area contributed by atoms with Gasteiger partial charge in [0.1, 0.15) is 26.4 Å². The standard InChI is InChI=1S/C49H51N3O6/c53-48(42-26-15-28-44(55-34-38-18-5-1-6-19-38)46(42)57-36-40-22-9-3-10-23-40)51-32-14-13-30-50-31-17-33-52-49(54)43-27-16-29-45(56-35-39-20-7-2-8-21-39)47(43)58-37-41-24-11-4-12-25-41/h1-12,15-16,18-29,50H,13-14,17,30-37H2,(H,51,53)(H,52,54). The second-order valence-corrected chi connectivity index (χ2v) is 13.7. The predicted molar refractivity (Wildman–Crippen MR) is 227 cm³/mol. The minimum absolute atomic E-state index is 0.209. The normalized spacial score (nSPS) is 10.7. The Morgan fingerprint density at radius 3 is 1.12 bits per heavy atom. The molecule has 0 saturated carbocycles. The lowest BCUT2D eigenvalue weighted by Gasteiger charge is -2.17. The molecule has 0 radical (unpaired) electrons. The SMILES string of the molecule is O=C(NCCCCNCCCNC(=O)c1cccc(OCc2ccccc2)c1OCc1ccccc1)c1cccc(OCc2ccccc2)c1OCc1ccccc1. The number of hydrogen-bond acceptors (Lipinski definition) is 7. The topological polar surface area (TPSA) is 107 Å². The Bertz CT molecular complexity index is 1980. The third-order valence-corrected chi connectivity index (χ3v) is 9.26. The molecule has 0 aliphatic rings. The summed E-state index contributed by atoms with van der Waals surface area (Å²) in [6, 6.07) is 50.3.